The number of nitro groups is 1. The van der Waals surface area contributed by atoms with Gasteiger partial charge in [-0.15, -0.1) is 0 Å². The number of aliphatic hydroxyl groups is 1. The highest BCUT2D eigenvalue weighted by molar-refractivity contribution is 5.89. The van der Waals surface area contributed by atoms with Crippen molar-refractivity contribution in [3.05, 3.63) is 34.4 Å². The Labute approximate surface area is 117 Å². The Balaban J connectivity index is 2.59. The van der Waals surface area contributed by atoms with Crippen LogP contribution in [0.2, 0.25) is 0 Å². The fourth-order valence-electron chi connectivity index (χ4n) is 1.34. The molecular weight excluding hydrogens is 262 g/mol. The number of nitro benzene ring substituents is 1. The minimum atomic E-state index is -1.01. The van der Waals surface area contributed by atoms with Crippen molar-refractivity contribution >= 4 is 17.4 Å². The molecule has 0 aliphatic rings. The highest BCUT2D eigenvalue weighted by Crippen LogP contribution is 2.17. The van der Waals surface area contributed by atoms with Gasteiger partial charge in [0, 0.05) is 24.4 Å². The first kappa shape index (κ1) is 15.9. The number of urea groups is 1. The van der Waals surface area contributed by atoms with Gasteiger partial charge in [-0.3, -0.25) is 10.1 Å². The van der Waals surface area contributed by atoms with Gasteiger partial charge in [0.05, 0.1) is 10.5 Å². The molecule has 0 aromatic heterocycles. The summed E-state index contributed by atoms with van der Waals surface area (Å²) >= 11 is 0. The van der Waals surface area contributed by atoms with Gasteiger partial charge >= 0.3 is 6.03 Å². The number of nitrogens with zero attached hydrogens (tertiary/aromatic N) is 1. The molecule has 0 aliphatic heterocycles. The molecule has 0 spiro atoms. The molecule has 1 atom stereocenters. The van der Waals surface area contributed by atoms with E-state index in [9.17, 15) is 20.0 Å². The number of carbonyl (C=O) groups excluding carboxylic acids is 1. The molecule has 1 aromatic carbocycles. The van der Waals surface area contributed by atoms with Crippen LogP contribution in [0.1, 0.15) is 20.8 Å². The zero-order valence-corrected chi connectivity index (χ0v) is 11.7. The molecule has 7 heteroatoms. The average molecular weight is 281 g/mol. The number of rotatable bonds is 5. The standard InChI is InChI=1S/C13H19N3O4/c1-9(2)13(3,18)8-14-12(17)15-10-5-4-6-11(7-10)16(19)20/h4-7,9,18H,8H2,1-3H3,(H2,14,15,17). The SMILES string of the molecule is CC(C)C(C)(O)CNC(=O)Nc1cccc([N+](=O)[O-])c1. The van der Waals surface area contributed by atoms with Crippen LogP contribution in [0.25, 0.3) is 0 Å². The van der Waals surface area contributed by atoms with Crippen molar-refractivity contribution < 1.29 is 14.8 Å². The van der Waals surface area contributed by atoms with E-state index in [0.717, 1.165) is 0 Å². The number of carbonyl (C=O) groups is 1. The third kappa shape index (κ3) is 4.51. The topological polar surface area (TPSA) is 104 Å². The third-order valence-corrected chi connectivity index (χ3v) is 3.17. The smallest absolute Gasteiger partial charge is 0.319 e. The summed E-state index contributed by atoms with van der Waals surface area (Å²) in [6.07, 6.45) is 0. The van der Waals surface area contributed by atoms with Crippen LogP contribution in [0.3, 0.4) is 0 Å². The molecule has 20 heavy (non-hydrogen) atoms. The first-order valence-corrected chi connectivity index (χ1v) is 6.24. The largest absolute Gasteiger partial charge is 0.388 e. The summed E-state index contributed by atoms with van der Waals surface area (Å²) in [7, 11) is 0. The molecule has 0 fully saturated rings. The Morgan fingerprint density at radius 2 is 2.15 bits per heavy atom. The Kier molecular flexibility index (Phi) is 5.04. The lowest BCUT2D eigenvalue weighted by Crippen LogP contribution is -2.45. The minimum Gasteiger partial charge on any atom is -0.388 e. The molecule has 0 saturated carbocycles. The summed E-state index contributed by atoms with van der Waals surface area (Å²) < 4.78 is 0. The summed E-state index contributed by atoms with van der Waals surface area (Å²) in [5, 5.41) is 25.6. The highest BCUT2D eigenvalue weighted by Gasteiger charge is 2.25. The lowest BCUT2D eigenvalue weighted by atomic mass is 9.93. The first-order valence-electron chi connectivity index (χ1n) is 6.24. The molecule has 0 aliphatic carbocycles. The maximum Gasteiger partial charge on any atom is 0.319 e. The van der Waals surface area contributed by atoms with E-state index in [4.69, 9.17) is 0 Å². The van der Waals surface area contributed by atoms with Gasteiger partial charge in [0.1, 0.15) is 0 Å². The molecule has 1 unspecified atom stereocenters. The molecule has 1 aromatic rings. The monoisotopic (exact) mass is 281 g/mol. The summed E-state index contributed by atoms with van der Waals surface area (Å²) in [5.74, 6) is -0.0133. The molecule has 110 valence electrons. The van der Waals surface area contributed by atoms with Crippen molar-refractivity contribution in [3.63, 3.8) is 0 Å². The van der Waals surface area contributed by atoms with E-state index in [2.05, 4.69) is 10.6 Å². The molecule has 7 nitrogen and oxygen atoms in total. The van der Waals surface area contributed by atoms with Crippen molar-refractivity contribution in [1.29, 1.82) is 0 Å². The minimum absolute atomic E-state index is 0.0133. The average Bonchev–Trinajstić information content (AvgIpc) is 2.36. The van der Waals surface area contributed by atoms with E-state index in [-0.39, 0.29) is 18.2 Å². The second-order valence-corrected chi connectivity index (χ2v) is 5.13. The molecule has 3 N–H and O–H groups in total. The molecule has 0 saturated heterocycles. The number of non-ortho nitro benzene ring substituents is 1. The van der Waals surface area contributed by atoms with Crippen molar-refractivity contribution in [2.24, 2.45) is 5.92 Å². The normalized spacial score (nSPS) is 13.7. The van der Waals surface area contributed by atoms with Gasteiger partial charge < -0.3 is 15.7 Å². The van der Waals surface area contributed by atoms with Crippen LogP contribution in [-0.2, 0) is 0 Å². The van der Waals surface area contributed by atoms with E-state index in [1.807, 2.05) is 13.8 Å². The number of hydrogen-bond acceptors (Lipinski definition) is 4. The van der Waals surface area contributed by atoms with Crippen LogP contribution >= 0.6 is 0 Å². The van der Waals surface area contributed by atoms with Gasteiger partial charge in [-0.2, -0.15) is 0 Å². The van der Waals surface area contributed by atoms with Crippen molar-refractivity contribution in [3.8, 4) is 0 Å². The van der Waals surface area contributed by atoms with Gasteiger partial charge in [0.15, 0.2) is 0 Å². The number of amides is 2. The summed E-state index contributed by atoms with van der Waals surface area (Å²) in [6.45, 7) is 5.41. The lowest BCUT2D eigenvalue weighted by Gasteiger charge is -2.27. The quantitative estimate of drug-likeness (QED) is 0.568. The highest BCUT2D eigenvalue weighted by atomic mass is 16.6. The summed E-state index contributed by atoms with van der Waals surface area (Å²) in [5.41, 5.74) is -0.794. The fourth-order valence-corrected chi connectivity index (χ4v) is 1.34. The molecule has 0 heterocycles. The van der Waals surface area contributed by atoms with Gasteiger partial charge in [-0.25, -0.2) is 4.79 Å². The van der Waals surface area contributed by atoms with Crippen LogP contribution in [0, 0.1) is 16.0 Å². The van der Waals surface area contributed by atoms with Crippen LogP contribution in [0.5, 0.6) is 0 Å². The fraction of sp³-hybridized carbons (Fsp3) is 0.462. The molecular formula is C13H19N3O4. The third-order valence-electron chi connectivity index (χ3n) is 3.17. The Morgan fingerprint density at radius 3 is 2.70 bits per heavy atom. The van der Waals surface area contributed by atoms with Gasteiger partial charge in [-0.05, 0) is 18.9 Å². The molecule has 2 amide bonds. The predicted molar refractivity (Wildman–Crippen MR) is 75.6 cm³/mol. The zero-order valence-electron chi connectivity index (χ0n) is 11.7. The number of nitrogens with one attached hydrogen (secondary N) is 2. The second kappa shape index (κ2) is 6.33. The van der Waals surface area contributed by atoms with E-state index in [0.29, 0.717) is 5.69 Å². The number of anilines is 1. The van der Waals surface area contributed by atoms with Crippen LogP contribution in [-0.4, -0.2) is 28.2 Å². The molecule has 0 bridgehead atoms. The number of hydrogen-bond donors (Lipinski definition) is 3. The van der Waals surface area contributed by atoms with Crippen LogP contribution < -0.4 is 10.6 Å². The van der Waals surface area contributed by atoms with Gasteiger partial charge in [0.25, 0.3) is 5.69 Å². The van der Waals surface area contributed by atoms with E-state index in [1.54, 1.807) is 13.0 Å². The van der Waals surface area contributed by atoms with E-state index >= 15 is 0 Å². The van der Waals surface area contributed by atoms with Crippen LogP contribution in [0.15, 0.2) is 24.3 Å². The summed E-state index contributed by atoms with van der Waals surface area (Å²) in [4.78, 5) is 21.7. The van der Waals surface area contributed by atoms with Gasteiger partial charge in [-0.1, -0.05) is 19.9 Å². The summed E-state index contributed by atoms with van der Waals surface area (Å²) in [6, 6.07) is 5.12. The Bertz CT molecular complexity index is 500. The van der Waals surface area contributed by atoms with Gasteiger partial charge in [0.2, 0.25) is 0 Å². The second-order valence-electron chi connectivity index (χ2n) is 5.13. The number of benzene rings is 1. The van der Waals surface area contributed by atoms with Crippen LogP contribution in [0.4, 0.5) is 16.2 Å². The lowest BCUT2D eigenvalue weighted by molar-refractivity contribution is -0.384. The molecule has 0 radical (unpaired) electrons. The molecule has 1 rings (SSSR count). The zero-order chi connectivity index (χ0) is 15.3. The van der Waals surface area contributed by atoms with Crippen molar-refractivity contribution in [2.45, 2.75) is 26.4 Å². The predicted octanol–water partition coefficient (Wildman–Crippen LogP) is 2.12. The Hall–Kier alpha value is -2.15. The van der Waals surface area contributed by atoms with E-state index in [1.165, 1.54) is 18.2 Å². The maximum atomic E-state index is 11.7. The van der Waals surface area contributed by atoms with Crippen molar-refractivity contribution in [1.82, 2.24) is 5.32 Å². The maximum absolute atomic E-state index is 11.7. The van der Waals surface area contributed by atoms with E-state index < -0.39 is 16.6 Å². The first-order chi connectivity index (χ1) is 9.22. The van der Waals surface area contributed by atoms with Crippen molar-refractivity contribution in [2.75, 3.05) is 11.9 Å². The Morgan fingerprint density at radius 1 is 1.50 bits per heavy atom.